The molecule has 1 aromatic rings. The van der Waals surface area contributed by atoms with Crippen LogP contribution in [0.25, 0.3) is 0 Å². The van der Waals surface area contributed by atoms with Crippen LogP contribution in [-0.2, 0) is 6.42 Å². The van der Waals surface area contributed by atoms with Gasteiger partial charge in [0.1, 0.15) is 0 Å². The van der Waals surface area contributed by atoms with Gasteiger partial charge in [-0.1, -0.05) is 37.8 Å². The Morgan fingerprint density at radius 3 is 2.72 bits per heavy atom. The fraction of sp³-hybridized carbons (Fsp3) is 0.857. The van der Waals surface area contributed by atoms with Gasteiger partial charge in [-0.05, 0) is 26.3 Å². The van der Waals surface area contributed by atoms with Gasteiger partial charge in [0.2, 0.25) is 5.89 Å². The molecule has 2 atom stereocenters. The highest BCUT2D eigenvalue weighted by Crippen LogP contribution is 2.33. The number of nitrogens with one attached hydrogen (secondary N) is 1. The third-order valence-corrected chi connectivity index (χ3v) is 4.05. The van der Waals surface area contributed by atoms with Gasteiger partial charge in [0.05, 0.1) is 0 Å². The number of hydrogen-bond acceptors (Lipinski definition) is 4. The molecular formula is C14H25N3O. The highest BCUT2D eigenvalue weighted by atomic mass is 16.5. The van der Waals surface area contributed by atoms with Gasteiger partial charge in [-0.2, -0.15) is 4.98 Å². The van der Waals surface area contributed by atoms with Crippen molar-refractivity contribution >= 4 is 0 Å². The molecule has 18 heavy (non-hydrogen) atoms. The van der Waals surface area contributed by atoms with E-state index in [2.05, 4.69) is 29.3 Å². The molecule has 1 fully saturated rings. The first-order chi connectivity index (χ1) is 8.69. The van der Waals surface area contributed by atoms with Crippen molar-refractivity contribution in [3.8, 4) is 0 Å². The quantitative estimate of drug-likeness (QED) is 0.844. The maximum Gasteiger partial charge on any atom is 0.229 e. The Morgan fingerprint density at radius 1 is 1.33 bits per heavy atom. The molecule has 0 bridgehead atoms. The summed E-state index contributed by atoms with van der Waals surface area (Å²) in [7, 11) is 1.95. The third kappa shape index (κ3) is 3.55. The Hall–Kier alpha value is -0.900. The molecule has 102 valence electrons. The van der Waals surface area contributed by atoms with Gasteiger partial charge in [0, 0.05) is 18.4 Å². The molecule has 0 aliphatic heterocycles. The average Bonchev–Trinajstić information content (AvgIpc) is 3.00. The summed E-state index contributed by atoms with van der Waals surface area (Å²) in [4.78, 5) is 4.52. The van der Waals surface area contributed by atoms with Crippen LogP contribution in [0.4, 0.5) is 0 Å². The van der Waals surface area contributed by atoms with Gasteiger partial charge in [-0.25, -0.2) is 0 Å². The predicted octanol–water partition coefficient (Wildman–Crippen LogP) is 2.90. The molecule has 0 amide bonds. The number of likely N-dealkylation sites (N-methyl/N-ethyl adjacent to an activating group) is 1. The van der Waals surface area contributed by atoms with E-state index in [0.717, 1.165) is 24.1 Å². The molecule has 0 aromatic carbocycles. The van der Waals surface area contributed by atoms with Crippen LogP contribution in [0.2, 0.25) is 0 Å². The molecule has 4 heteroatoms. The molecule has 2 rings (SSSR count). The zero-order chi connectivity index (χ0) is 13.0. The first kappa shape index (κ1) is 13.5. The standard InChI is InChI=1S/C14H25N3O/c1-10(8-12-6-4-5-7-12)14-16-13(17-18-14)9-11(2)15-3/h10-12,15H,4-9H2,1-3H3. The van der Waals surface area contributed by atoms with Crippen LogP contribution in [0, 0.1) is 5.92 Å². The molecule has 4 nitrogen and oxygen atoms in total. The van der Waals surface area contributed by atoms with Gasteiger partial charge in [0.25, 0.3) is 0 Å². The van der Waals surface area contributed by atoms with Crippen molar-refractivity contribution in [3.63, 3.8) is 0 Å². The normalized spacial score (nSPS) is 20.2. The molecule has 1 N–H and O–H groups in total. The minimum absolute atomic E-state index is 0.389. The van der Waals surface area contributed by atoms with Crippen LogP contribution in [0.3, 0.4) is 0 Å². The summed E-state index contributed by atoms with van der Waals surface area (Å²) in [6.45, 7) is 4.33. The Kier molecular flexibility index (Phi) is 4.75. The van der Waals surface area contributed by atoms with E-state index < -0.39 is 0 Å². The van der Waals surface area contributed by atoms with Gasteiger partial charge in [0.15, 0.2) is 5.82 Å². The van der Waals surface area contributed by atoms with Crippen molar-refractivity contribution in [2.45, 2.75) is 64.3 Å². The van der Waals surface area contributed by atoms with Gasteiger partial charge in [-0.15, -0.1) is 0 Å². The highest BCUT2D eigenvalue weighted by molar-refractivity contribution is 4.95. The Morgan fingerprint density at radius 2 is 2.06 bits per heavy atom. The van der Waals surface area contributed by atoms with Gasteiger partial charge >= 0.3 is 0 Å². The first-order valence-electron chi connectivity index (χ1n) is 7.18. The zero-order valence-corrected chi connectivity index (χ0v) is 11.8. The third-order valence-electron chi connectivity index (χ3n) is 4.05. The molecule has 2 unspecified atom stereocenters. The monoisotopic (exact) mass is 251 g/mol. The maximum absolute atomic E-state index is 5.39. The molecule has 1 heterocycles. The molecule has 0 radical (unpaired) electrons. The summed E-state index contributed by atoms with van der Waals surface area (Å²) >= 11 is 0. The van der Waals surface area contributed by atoms with E-state index in [4.69, 9.17) is 4.52 Å². The summed E-state index contributed by atoms with van der Waals surface area (Å²) < 4.78 is 5.39. The van der Waals surface area contributed by atoms with Gasteiger partial charge in [-0.3, -0.25) is 0 Å². The van der Waals surface area contributed by atoms with E-state index in [0.29, 0.717) is 12.0 Å². The number of hydrogen-bond donors (Lipinski definition) is 1. The molecule has 1 aromatic heterocycles. The van der Waals surface area contributed by atoms with E-state index in [1.54, 1.807) is 0 Å². The van der Waals surface area contributed by atoms with Crippen molar-refractivity contribution in [1.82, 2.24) is 15.5 Å². The smallest absolute Gasteiger partial charge is 0.229 e. The number of nitrogens with zero attached hydrogens (tertiary/aromatic N) is 2. The van der Waals surface area contributed by atoms with Crippen LogP contribution in [0.15, 0.2) is 4.52 Å². The summed E-state index contributed by atoms with van der Waals surface area (Å²) in [6.07, 6.45) is 7.57. The summed E-state index contributed by atoms with van der Waals surface area (Å²) in [5.74, 6) is 2.91. The largest absolute Gasteiger partial charge is 0.339 e. The number of aromatic nitrogens is 2. The van der Waals surface area contributed by atoms with Crippen LogP contribution in [0.5, 0.6) is 0 Å². The summed E-state index contributed by atoms with van der Waals surface area (Å²) in [5, 5.41) is 7.26. The second-order valence-corrected chi connectivity index (χ2v) is 5.73. The lowest BCUT2D eigenvalue weighted by Gasteiger charge is -2.12. The van der Waals surface area contributed by atoms with Crippen LogP contribution in [0.1, 0.15) is 63.6 Å². The fourth-order valence-electron chi connectivity index (χ4n) is 2.77. The SMILES string of the molecule is CNC(C)Cc1noc(C(C)CC2CCCC2)n1. The maximum atomic E-state index is 5.39. The fourth-order valence-corrected chi connectivity index (χ4v) is 2.77. The van der Waals surface area contributed by atoms with E-state index in [1.165, 1.54) is 32.1 Å². The molecular weight excluding hydrogens is 226 g/mol. The Bertz CT molecular complexity index is 358. The molecule has 1 saturated carbocycles. The second-order valence-electron chi connectivity index (χ2n) is 5.73. The molecule has 0 saturated heterocycles. The zero-order valence-electron chi connectivity index (χ0n) is 11.8. The van der Waals surface area contributed by atoms with Crippen LogP contribution in [-0.4, -0.2) is 23.2 Å². The summed E-state index contributed by atoms with van der Waals surface area (Å²) in [6, 6.07) is 0.389. The van der Waals surface area contributed by atoms with Crippen molar-refractivity contribution in [1.29, 1.82) is 0 Å². The average molecular weight is 251 g/mol. The van der Waals surface area contributed by atoms with E-state index in [-0.39, 0.29) is 0 Å². The lowest BCUT2D eigenvalue weighted by molar-refractivity contribution is 0.329. The van der Waals surface area contributed by atoms with E-state index >= 15 is 0 Å². The van der Waals surface area contributed by atoms with Crippen LogP contribution >= 0.6 is 0 Å². The van der Waals surface area contributed by atoms with Crippen molar-refractivity contribution < 1.29 is 4.52 Å². The van der Waals surface area contributed by atoms with Crippen molar-refractivity contribution in [2.24, 2.45) is 5.92 Å². The molecule has 0 spiro atoms. The minimum Gasteiger partial charge on any atom is -0.339 e. The Balaban J connectivity index is 1.87. The predicted molar refractivity (Wildman–Crippen MR) is 71.5 cm³/mol. The van der Waals surface area contributed by atoms with E-state index in [1.807, 2.05) is 7.05 Å². The molecule has 1 aliphatic carbocycles. The van der Waals surface area contributed by atoms with Crippen LogP contribution < -0.4 is 5.32 Å². The van der Waals surface area contributed by atoms with Crippen molar-refractivity contribution in [2.75, 3.05) is 7.05 Å². The first-order valence-corrected chi connectivity index (χ1v) is 7.18. The second kappa shape index (κ2) is 6.32. The Labute approximate surface area is 110 Å². The number of rotatable bonds is 6. The van der Waals surface area contributed by atoms with Crippen molar-refractivity contribution in [3.05, 3.63) is 11.7 Å². The minimum atomic E-state index is 0.389. The highest BCUT2D eigenvalue weighted by Gasteiger charge is 2.22. The topological polar surface area (TPSA) is 51.0 Å². The lowest BCUT2D eigenvalue weighted by Crippen LogP contribution is -2.24. The summed E-state index contributed by atoms with van der Waals surface area (Å²) in [5.41, 5.74) is 0. The lowest BCUT2D eigenvalue weighted by atomic mass is 9.94. The molecule has 1 aliphatic rings. The van der Waals surface area contributed by atoms with E-state index in [9.17, 15) is 0 Å². The van der Waals surface area contributed by atoms with Gasteiger partial charge < -0.3 is 9.84 Å².